The Balaban J connectivity index is 1.58. The summed E-state index contributed by atoms with van der Waals surface area (Å²) in [6, 6.07) is 23.0. The van der Waals surface area contributed by atoms with E-state index in [4.69, 9.17) is 14.2 Å². The molecule has 0 aromatic heterocycles. The zero-order valence-corrected chi connectivity index (χ0v) is 16.8. The van der Waals surface area contributed by atoms with Crippen molar-refractivity contribution >= 4 is 17.9 Å². The standard InChI is InChI=1S/C25H21NO4/c1-17-8-11-20(12-9-17)24-26-21(25(27)30-24)14-19-10-13-22(28-2)23(15-19)29-16-18-6-4-3-5-7-18/h3-15H,16H2,1-2H3/b21-14+. The van der Waals surface area contributed by atoms with Gasteiger partial charge < -0.3 is 14.2 Å². The second kappa shape index (κ2) is 8.66. The molecule has 0 unspecified atom stereocenters. The monoisotopic (exact) mass is 399 g/mol. The number of cyclic esters (lactones) is 1. The largest absolute Gasteiger partial charge is 0.493 e. The molecule has 1 heterocycles. The third kappa shape index (κ3) is 4.41. The van der Waals surface area contributed by atoms with Crippen LogP contribution in [0.3, 0.4) is 0 Å². The van der Waals surface area contributed by atoms with E-state index < -0.39 is 5.97 Å². The highest BCUT2D eigenvalue weighted by atomic mass is 16.6. The molecule has 0 amide bonds. The fraction of sp³-hybridized carbons (Fsp3) is 0.120. The van der Waals surface area contributed by atoms with Gasteiger partial charge >= 0.3 is 5.97 Å². The van der Waals surface area contributed by atoms with Gasteiger partial charge in [-0.2, -0.15) is 0 Å². The summed E-state index contributed by atoms with van der Waals surface area (Å²) in [5.74, 6) is 1.03. The van der Waals surface area contributed by atoms with Gasteiger partial charge in [-0.05, 0) is 48.4 Å². The van der Waals surface area contributed by atoms with Crippen LogP contribution in [0.5, 0.6) is 11.5 Å². The minimum atomic E-state index is -0.479. The van der Waals surface area contributed by atoms with Crippen LogP contribution >= 0.6 is 0 Å². The minimum absolute atomic E-state index is 0.241. The Hall–Kier alpha value is -3.86. The minimum Gasteiger partial charge on any atom is -0.493 e. The van der Waals surface area contributed by atoms with Crippen molar-refractivity contribution < 1.29 is 19.0 Å². The molecule has 1 aliphatic rings. The number of aryl methyl sites for hydroxylation is 1. The van der Waals surface area contributed by atoms with Gasteiger partial charge in [0, 0.05) is 5.56 Å². The molecule has 3 aromatic rings. The molecule has 30 heavy (non-hydrogen) atoms. The quantitative estimate of drug-likeness (QED) is 0.436. The summed E-state index contributed by atoms with van der Waals surface area (Å²) in [7, 11) is 1.59. The molecule has 4 rings (SSSR count). The first-order valence-corrected chi connectivity index (χ1v) is 9.57. The maximum atomic E-state index is 12.3. The van der Waals surface area contributed by atoms with E-state index in [1.165, 1.54) is 0 Å². The number of carbonyl (C=O) groups excluding carboxylic acids is 1. The number of methoxy groups -OCH3 is 1. The lowest BCUT2D eigenvalue weighted by atomic mass is 10.1. The van der Waals surface area contributed by atoms with Crippen LogP contribution in [-0.4, -0.2) is 19.0 Å². The van der Waals surface area contributed by atoms with Gasteiger partial charge in [0.1, 0.15) is 6.61 Å². The first-order chi connectivity index (χ1) is 14.6. The lowest BCUT2D eigenvalue weighted by molar-refractivity contribution is -0.129. The molecule has 0 saturated carbocycles. The highest BCUT2D eigenvalue weighted by Crippen LogP contribution is 2.30. The predicted octanol–water partition coefficient (Wildman–Crippen LogP) is 4.93. The van der Waals surface area contributed by atoms with Gasteiger partial charge in [-0.1, -0.05) is 54.1 Å². The zero-order chi connectivity index (χ0) is 20.9. The molecule has 0 spiro atoms. The predicted molar refractivity (Wildman–Crippen MR) is 116 cm³/mol. The molecule has 0 saturated heterocycles. The lowest BCUT2D eigenvalue weighted by Crippen LogP contribution is -2.05. The van der Waals surface area contributed by atoms with Crippen LogP contribution in [0.2, 0.25) is 0 Å². The maximum absolute atomic E-state index is 12.3. The topological polar surface area (TPSA) is 57.1 Å². The van der Waals surface area contributed by atoms with Crippen molar-refractivity contribution in [3.05, 3.63) is 101 Å². The molecule has 0 radical (unpaired) electrons. The van der Waals surface area contributed by atoms with Gasteiger partial charge in [-0.3, -0.25) is 0 Å². The Labute approximate surface area is 175 Å². The molecular weight excluding hydrogens is 378 g/mol. The molecule has 150 valence electrons. The molecular formula is C25H21NO4. The van der Waals surface area contributed by atoms with Crippen LogP contribution in [0.25, 0.3) is 6.08 Å². The Morgan fingerprint density at radius 3 is 2.47 bits per heavy atom. The smallest absolute Gasteiger partial charge is 0.363 e. The summed E-state index contributed by atoms with van der Waals surface area (Å²) in [6.07, 6.45) is 1.68. The highest BCUT2D eigenvalue weighted by Gasteiger charge is 2.24. The Bertz CT molecular complexity index is 1120. The zero-order valence-electron chi connectivity index (χ0n) is 16.8. The first-order valence-electron chi connectivity index (χ1n) is 9.57. The van der Waals surface area contributed by atoms with Gasteiger partial charge in [0.2, 0.25) is 5.90 Å². The normalized spacial score (nSPS) is 14.4. The first kappa shape index (κ1) is 19.5. The summed E-state index contributed by atoms with van der Waals surface area (Å²) >= 11 is 0. The molecule has 1 aliphatic heterocycles. The van der Waals surface area contributed by atoms with Crippen LogP contribution in [0.4, 0.5) is 0 Å². The van der Waals surface area contributed by atoms with Crippen molar-refractivity contribution in [2.24, 2.45) is 4.99 Å². The number of carbonyl (C=O) groups is 1. The van der Waals surface area contributed by atoms with E-state index in [1.807, 2.05) is 73.7 Å². The number of hydrogen-bond donors (Lipinski definition) is 0. The lowest BCUT2D eigenvalue weighted by Gasteiger charge is -2.11. The Morgan fingerprint density at radius 1 is 0.967 bits per heavy atom. The molecule has 5 nitrogen and oxygen atoms in total. The summed E-state index contributed by atoms with van der Waals surface area (Å²) in [5.41, 5.74) is 3.94. The van der Waals surface area contributed by atoms with E-state index in [9.17, 15) is 4.79 Å². The Kier molecular flexibility index (Phi) is 5.61. The number of aliphatic imine (C=N–C) groups is 1. The number of esters is 1. The van der Waals surface area contributed by atoms with Crippen LogP contribution in [0.15, 0.2) is 83.5 Å². The third-order valence-electron chi connectivity index (χ3n) is 4.65. The second-order valence-electron chi connectivity index (χ2n) is 6.89. The molecule has 0 bridgehead atoms. The summed E-state index contributed by atoms with van der Waals surface area (Å²) in [6.45, 7) is 2.41. The van der Waals surface area contributed by atoms with E-state index in [0.717, 1.165) is 22.3 Å². The van der Waals surface area contributed by atoms with Crippen molar-refractivity contribution in [1.82, 2.24) is 0 Å². The fourth-order valence-electron chi connectivity index (χ4n) is 3.02. The average molecular weight is 399 g/mol. The molecule has 0 N–H and O–H groups in total. The molecule has 0 atom stereocenters. The van der Waals surface area contributed by atoms with Crippen molar-refractivity contribution in [1.29, 1.82) is 0 Å². The van der Waals surface area contributed by atoms with Crippen LogP contribution in [0, 0.1) is 6.92 Å². The highest BCUT2D eigenvalue weighted by molar-refractivity contribution is 6.12. The molecule has 0 fully saturated rings. The van der Waals surface area contributed by atoms with Crippen LogP contribution in [0.1, 0.15) is 22.3 Å². The van der Waals surface area contributed by atoms with Crippen LogP contribution in [-0.2, 0) is 16.1 Å². The van der Waals surface area contributed by atoms with Gasteiger partial charge in [-0.15, -0.1) is 0 Å². The van der Waals surface area contributed by atoms with E-state index in [2.05, 4.69) is 4.99 Å². The number of nitrogens with zero attached hydrogens (tertiary/aromatic N) is 1. The number of rotatable bonds is 6. The van der Waals surface area contributed by atoms with Crippen molar-refractivity contribution in [2.75, 3.05) is 7.11 Å². The van der Waals surface area contributed by atoms with E-state index in [1.54, 1.807) is 19.3 Å². The summed E-state index contributed by atoms with van der Waals surface area (Å²) in [4.78, 5) is 16.7. The Morgan fingerprint density at radius 2 is 1.73 bits per heavy atom. The van der Waals surface area contributed by atoms with E-state index in [-0.39, 0.29) is 5.70 Å². The van der Waals surface area contributed by atoms with Gasteiger partial charge in [0.25, 0.3) is 0 Å². The van der Waals surface area contributed by atoms with Crippen molar-refractivity contribution in [3.8, 4) is 11.5 Å². The third-order valence-corrected chi connectivity index (χ3v) is 4.65. The van der Waals surface area contributed by atoms with Crippen molar-refractivity contribution in [2.45, 2.75) is 13.5 Å². The molecule has 3 aromatic carbocycles. The molecule has 0 aliphatic carbocycles. The van der Waals surface area contributed by atoms with E-state index in [0.29, 0.717) is 24.0 Å². The number of benzene rings is 3. The summed E-state index contributed by atoms with van der Waals surface area (Å²) < 4.78 is 16.7. The number of ether oxygens (including phenoxy) is 3. The summed E-state index contributed by atoms with van der Waals surface area (Å²) in [5, 5.41) is 0. The van der Waals surface area contributed by atoms with Crippen molar-refractivity contribution in [3.63, 3.8) is 0 Å². The van der Waals surface area contributed by atoms with Crippen LogP contribution < -0.4 is 9.47 Å². The number of hydrogen-bond acceptors (Lipinski definition) is 5. The van der Waals surface area contributed by atoms with Gasteiger partial charge in [0.05, 0.1) is 7.11 Å². The maximum Gasteiger partial charge on any atom is 0.363 e. The SMILES string of the molecule is COc1ccc(/C=C2/N=C(c3ccc(C)cc3)OC2=O)cc1OCc1ccccc1. The fourth-order valence-corrected chi connectivity index (χ4v) is 3.02. The van der Waals surface area contributed by atoms with Gasteiger partial charge in [-0.25, -0.2) is 9.79 Å². The molecule has 5 heteroatoms. The average Bonchev–Trinajstić information content (AvgIpc) is 3.13. The van der Waals surface area contributed by atoms with Gasteiger partial charge in [0.15, 0.2) is 17.2 Å². The van der Waals surface area contributed by atoms with E-state index >= 15 is 0 Å². The second-order valence-corrected chi connectivity index (χ2v) is 6.89.